The summed E-state index contributed by atoms with van der Waals surface area (Å²) in [7, 11) is 0. The fourth-order valence-corrected chi connectivity index (χ4v) is 2.50. The van der Waals surface area contributed by atoms with Crippen LogP contribution in [-0.4, -0.2) is 10.8 Å². The van der Waals surface area contributed by atoms with Gasteiger partial charge in [-0.15, -0.1) is 10.2 Å². The molecule has 1 aliphatic rings. The van der Waals surface area contributed by atoms with Gasteiger partial charge in [0.15, 0.2) is 0 Å². The van der Waals surface area contributed by atoms with Gasteiger partial charge < -0.3 is 12.4 Å². The van der Waals surface area contributed by atoms with Crippen molar-refractivity contribution in [1.29, 1.82) is 0 Å². The zero-order valence-corrected chi connectivity index (χ0v) is 13.6. The molecule has 1 aliphatic heterocycles. The Morgan fingerprint density at radius 1 is 0.750 bits per heavy atom. The number of hydrazine groups is 1. The highest BCUT2D eigenvalue weighted by atomic mass is 35.5. The molecule has 120 valence electrons. The number of nitrogens with zero attached hydrogens (tertiary/aromatic N) is 4. The van der Waals surface area contributed by atoms with Crippen LogP contribution in [0.15, 0.2) is 90.3 Å². The Kier molecular flexibility index (Phi) is 4.74. The molecule has 24 heavy (non-hydrogen) atoms. The summed E-state index contributed by atoms with van der Waals surface area (Å²) in [6, 6.07) is 24.2. The summed E-state index contributed by atoms with van der Waals surface area (Å²) in [5, 5.41) is 8.71. The molecule has 2 aromatic carbocycles. The van der Waals surface area contributed by atoms with E-state index >= 15 is 0 Å². The normalized spacial score (nSPS) is 13.4. The number of anilines is 2. The van der Waals surface area contributed by atoms with Gasteiger partial charge in [-0.05, 0) is 36.4 Å². The van der Waals surface area contributed by atoms with Gasteiger partial charge in [0.05, 0.1) is 11.3 Å². The summed E-state index contributed by atoms with van der Waals surface area (Å²) in [6.45, 7) is 0. The van der Waals surface area contributed by atoms with E-state index in [0.29, 0.717) is 0 Å². The molecule has 0 unspecified atom stereocenters. The van der Waals surface area contributed by atoms with Crippen molar-refractivity contribution < 1.29 is 17.8 Å². The largest absolute Gasteiger partial charge is 1.00 e. The molecule has 0 radical (unpaired) electrons. The van der Waals surface area contributed by atoms with Gasteiger partial charge in [0.2, 0.25) is 0 Å². The Morgan fingerprint density at radius 2 is 1.42 bits per heavy atom. The quantitative estimate of drug-likeness (QED) is 0.635. The van der Waals surface area contributed by atoms with Crippen LogP contribution in [0.2, 0.25) is 0 Å². The molecule has 2 heterocycles. The molecule has 4 rings (SSSR count). The van der Waals surface area contributed by atoms with E-state index < -0.39 is 0 Å². The van der Waals surface area contributed by atoms with E-state index in [-0.39, 0.29) is 12.4 Å². The van der Waals surface area contributed by atoms with Gasteiger partial charge in [-0.2, -0.15) is 5.43 Å². The van der Waals surface area contributed by atoms with Crippen LogP contribution in [0.3, 0.4) is 0 Å². The summed E-state index contributed by atoms with van der Waals surface area (Å²) in [6.07, 6.45) is 3.59. The molecule has 1 aromatic heterocycles. The molecule has 0 saturated carbocycles. The minimum Gasteiger partial charge on any atom is -1.00 e. The van der Waals surface area contributed by atoms with Crippen molar-refractivity contribution in [2.24, 2.45) is 5.10 Å². The van der Waals surface area contributed by atoms with Crippen LogP contribution in [0.25, 0.3) is 0 Å². The maximum absolute atomic E-state index is 4.77. The predicted octanol–water partition coefficient (Wildman–Crippen LogP) is -0.833. The summed E-state index contributed by atoms with van der Waals surface area (Å²) in [5.74, 6) is 0.880. The van der Waals surface area contributed by atoms with Gasteiger partial charge in [-0.1, -0.05) is 41.5 Å². The number of benzene rings is 2. The molecule has 0 atom stereocenters. The van der Waals surface area contributed by atoms with E-state index in [1.807, 2.05) is 82.5 Å². The number of halogens is 1. The van der Waals surface area contributed by atoms with E-state index in [1.165, 1.54) is 0 Å². The minimum atomic E-state index is 0. The first kappa shape index (κ1) is 16.0. The Hall–Kier alpha value is -2.89. The number of nitrogens with two attached hydrogens (primary N) is 1. The molecule has 0 fully saturated rings. The van der Waals surface area contributed by atoms with Gasteiger partial charge in [0.1, 0.15) is 5.69 Å². The highest BCUT2D eigenvalue weighted by Gasteiger charge is 2.31. The second kappa shape index (κ2) is 7.12. The van der Waals surface area contributed by atoms with E-state index in [2.05, 4.69) is 17.1 Å². The highest BCUT2D eigenvalue weighted by molar-refractivity contribution is 5.93. The molecule has 0 amide bonds. The molecule has 0 bridgehead atoms. The maximum Gasteiger partial charge on any atom is 0.278 e. The smallest absolute Gasteiger partial charge is 0.278 e. The van der Waals surface area contributed by atoms with Gasteiger partial charge in [0.25, 0.3) is 5.84 Å². The summed E-state index contributed by atoms with van der Waals surface area (Å²) in [5.41, 5.74) is 5.08. The van der Waals surface area contributed by atoms with Crippen LogP contribution < -0.4 is 28.1 Å². The van der Waals surface area contributed by atoms with Crippen LogP contribution >= 0.6 is 0 Å². The van der Waals surface area contributed by atoms with Crippen molar-refractivity contribution in [3.05, 3.63) is 90.8 Å². The molecule has 0 aliphatic carbocycles. The van der Waals surface area contributed by atoms with Crippen LogP contribution in [0.4, 0.5) is 11.4 Å². The number of hydrogen-bond donors (Lipinski definition) is 1. The molecule has 0 spiro atoms. The van der Waals surface area contributed by atoms with E-state index in [4.69, 9.17) is 5.10 Å². The highest BCUT2D eigenvalue weighted by Crippen LogP contribution is 2.22. The third kappa shape index (κ3) is 3.08. The fraction of sp³-hybridized carbons (Fsp3) is 0. The van der Waals surface area contributed by atoms with Crippen molar-refractivity contribution in [2.45, 2.75) is 0 Å². The van der Waals surface area contributed by atoms with E-state index in [9.17, 15) is 0 Å². The first-order valence-corrected chi connectivity index (χ1v) is 7.45. The fourth-order valence-electron chi connectivity index (χ4n) is 2.50. The molecular formula is C18H16ClN5. The van der Waals surface area contributed by atoms with Crippen LogP contribution in [0, 0.1) is 0 Å². The number of quaternary nitrogens is 1. The lowest BCUT2D eigenvalue weighted by Gasteiger charge is -2.23. The maximum atomic E-state index is 4.77. The van der Waals surface area contributed by atoms with Crippen LogP contribution in [0.1, 0.15) is 5.56 Å². The topological polar surface area (TPSA) is 48.3 Å². The molecule has 0 saturated heterocycles. The number of aromatic nitrogens is 1. The first-order chi connectivity index (χ1) is 11.4. The SMILES string of the molecule is [Cl-].c1ccc(N2N=C(c3cccnc3)[NH2+]N2c2ccccc2)cc1. The number of hydrazone groups is 1. The number of hydrogen-bond acceptors (Lipinski definition) is 4. The zero-order chi connectivity index (χ0) is 15.5. The van der Waals surface area contributed by atoms with Crippen LogP contribution in [-0.2, 0) is 0 Å². The van der Waals surface area contributed by atoms with Gasteiger partial charge in [0, 0.05) is 12.4 Å². The lowest BCUT2D eigenvalue weighted by Crippen LogP contribution is -3.00. The number of amidine groups is 1. The van der Waals surface area contributed by atoms with Gasteiger partial charge >= 0.3 is 0 Å². The summed E-state index contributed by atoms with van der Waals surface area (Å²) < 4.78 is 0. The van der Waals surface area contributed by atoms with Crippen molar-refractivity contribution in [2.75, 3.05) is 10.2 Å². The Bertz CT molecular complexity index is 809. The first-order valence-electron chi connectivity index (χ1n) is 7.45. The van der Waals surface area contributed by atoms with Crippen molar-refractivity contribution in [3.63, 3.8) is 0 Å². The molecule has 5 nitrogen and oxygen atoms in total. The molecular weight excluding hydrogens is 322 g/mol. The van der Waals surface area contributed by atoms with Crippen molar-refractivity contribution >= 4 is 17.2 Å². The number of para-hydroxylation sites is 2. The Labute approximate surface area is 146 Å². The Balaban J connectivity index is 0.00000169. The lowest BCUT2D eigenvalue weighted by atomic mass is 10.3. The second-order valence-electron chi connectivity index (χ2n) is 5.16. The summed E-state index contributed by atoms with van der Waals surface area (Å²) >= 11 is 0. The Morgan fingerprint density at radius 3 is 2.04 bits per heavy atom. The zero-order valence-electron chi connectivity index (χ0n) is 12.8. The third-order valence-corrected chi connectivity index (χ3v) is 3.62. The standard InChI is InChI=1S/C18H15N5.ClH/c1-3-9-16(10-4-1)22-20-18(15-8-7-13-19-14-15)21-23(22)17-11-5-2-6-12-17;/h1-14H,(H,20,21);1H. The van der Waals surface area contributed by atoms with Gasteiger partial charge in [-0.25, -0.2) is 0 Å². The monoisotopic (exact) mass is 337 g/mol. The van der Waals surface area contributed by atoms with Crippen molar-refractivity contribution in [3.8, 4) is 0 Å². The second-order valence-corrected chi connectivity index (χ2v) is 5.16. The van der Waals surface area contributed by atoms with E-state index in [1.54, 1.807) is 6.20 Å². The lowest BCUT2D eigenvalue weighted by molar-refractivity contribution is -0.545. The van der Waals surface area contributed by atoms with Crippen molar-refractivity contribution in [1.82, 2.24) is 4.98 Å². The third-order valence-electron chi connectivity index (χ3n) is 3.62. The molecule has 3 aromatic rings. The summed E-state index contributed by atoms with van der Waals surface area (Å²) in [4.78, 5) is 4.19. The molecule has 2 N–H and O–H groups in total. The van der Waals surface area contributed by atoms with Gasteiger partial charge in [-0.3, -0.25) is 4.98 Å². The average Bonchev–Trinajstić information content (AvgIpc) is 3.09. The predicted molar refractivity (Wildman–Crippen MR) is 90.5 cm³/mol. The van der Waals surface area contributed by atoms with E-state index in [0.717, 1.165) is 22.8 Å². The number of pyridine rings is 1. The average molecular weight is 338 g/mol. The minimum absolute atomic E-state index is 0. The molecule has 6 heteroatoms. The van der Waals surface area contributed by atoms with Crippen LogP contribution in [0.5, 0.6) is 0 Å². The number of rotatable bonds is 3.